The summed E-state index contributed by atoms with van der Waals surface area (Å²) in [7, 11) is -3.85. The Hall–Kier alpha value is -3.32. The maximum Gasteiger partial charge on any atom is 0.433 e. The summed E-state index contributed by atoms with van der Waals surface area (Å²) < 4.78 is 92.9. The fourth-order valence-corrected chi connectivity index (χ4v) is 5.01. The number of alkyl halides is 3. The Morgan fingerprint density at radius 3 is 2.35 bits per heavy atom. The summed E-state index contributed by atoms with van der Waals surface area (Å²) in [5.41, 5.74) is -0.778. The number of rotatable bonds is 5. The Bertz CT molecular complexity index is 1400. The Balaban J connectivity index is 1.76. The molecule has 4 rings (SSSR count). The van der Waals surface area contributed by atoms with Gasteiger partial charge in [0.15, 0.2) is 15.5 Å². The van der Waals surface area contributed by atoms with Crippen molar-refractivity contribution in [3.8, 4) is 0 Å². The molecule has 1 aromatic heterocycles. The highest BCUT2D eigenvalue weighted by atomic mass is 32.2. The minimum atomic E-state index is -4.84. The van der Waals surface area contributed by atoms with Crippen molar-refractivity contribution in [3.05, 3.63) is 77.1 Å². The topological polar surface area (TPSA) is 86.6 Å². The van der Waals surface area contributed by atoms with Crippen molar-refractivity contribution in [1.82, 2.24) is 9.97 Å². The summed E-state index contributed by atoms with van der Waals surface area (Å²) in [6, 6.07) is 8.39. The highest BCUT2D eigenvalue weighted by molar-refractivity contribution is 7.90. The summed E-state index contributed by atoms with van der Waals surface area (Å²) in [4.78, 5) is 10.6. The van der Waals surface area contributed by atoms with Gasteiger partial charge in [-0.2, -0.15) is 13.2 Å². The second kappa shape index (κ2) is 9.86. The third-order valence-corrected chi connectivity index (χ3v) is 7.21. The molecule has 0 saturated carbocycles. The molecular weight excluding hydrogens is 519 g/mol. The van der Waals surface area contributed by atoms with Crippen LogP contribution in [0.2, 0.25) is 0 Å². The summed E-state index contributed by atoms with van der Waals surface area (Å²) in [5.74, 6) is -1.64. The molecule has 0 aliphatic carbocycles. The number of sulfone groups is 1. The van der Waals surface area contributed by atoms with Crippen LogP contribution in [-0.2, 0) is 16.0 Å². The van der Waals surface area contributed by atoms with Gasteiger partial charge in [0.1, 0.15) is 16.5 Å². The molecule has 2 heterocycles. The Labute approximate surface area is 210 Å². The highest BCUT2D eigenvalue weighted by Gasteiger charge is 2.39. The molecule has 2 atom stereocenters. The first-order valence-electron chi connectivity index (χ1n) is 11.1. The fourth-order valence-electron chi connectivity index (χ4n) is 4.25. The van der Waals surface area contributed by atoms with Crippen LogP contribution < -0.4 is 9.80 Å². The summed E-state index contributed by atoms with van der Waals surface area (Å²) in [6.45, 7) is 1.64. The molecule has 1 saturated heterocycles. The predicted molar refractivity (Wildman–Crippen MR) is 126 cm³/mol. The third kappa shape index (κ3) is 5.67. The van der Waals surface area contributed by atoms with Crippen molar-refractivity contribution in [2.24, 2.45) is 0 Å². The van der Waals surface area contributed by atoms with Crippen LogP contribution in [0.15, 0.2) is 53.6 Å². The molecule has 1 aliphatic heterocycles. The van der Waals surface area contributed by atoms with Crippen LogP contribution in [0.1, 0.15) is 35.9 Å². The minimum Gasteiger partial charge on any atom is -0.389 e. The van der Waals surface area contributed by atoms with E-state index >= 15 is 0 Å². The number of anilines is 2. The van der Waals surface area contributed by atoms with Crippen LogP contribution in [0.3, 0.4) is 0 Å². The van der Waals surface area contributed by atoms with Gasteiger partial charge in [-0.25, -0.2) is 27.2 Å². The monoisotopic (exact) mass is 542 g/mol. The van der Waals surface area contributed by atoms with E-state index in [0.29, 0.717) is 11.3 Å². The SMILES string of the molecule is CC(O)c1cnc(N2CCN(c3ccc(F)c(S(C)(=O)=O)c3)C[C@H]2c2ccc(F)cc2)nc1C(F)(F)F. The van der Waals surface area contributed by atoms with Gasteiger partial charge in [-0.15, -0.1) is 0 Å². The molecule has 1 aliphatic rings. The molecule has 37 heavy (non-hydrogen) atoms. The van der Waals surface area contributed by atoms with Gasteiger partial charge in [0.25, 0.3) is 0 Å². The van der Waals surface area contributed by atoms with E-state index in [4.69, 9.17) is 0 Å². The Kier molecular flexibility index (Phi) is 7.12. The average Bonchev–Trinajstić information content (AvgIpc) is 2.83. The molecule has 1 fully saturated rings. The van der Waals surface area contributed by atoms with Crippen LogP contribution in [0, 0.1) is 11.6 Å². The number of piperazine rings is 1. The highest BCUT2D eigenvalue weighted by Crippen LogP contribution is 2.37. The van der Waals surface area contributed by atoms with Crippen molar-refractivity contribution < 1.29 is 35.5 Å². The van der Waals surface area contributed by atoms with Crippen LogP contribution >= 0.6 is 0 Å². The lowest BCUT2D eigenvalue weighted by Gasteiger charge is -2.43. The van der Waals surface area contributed by atoms with Gasteiger partial charge in [-0.05, 0) is 42.8 Å². The summed E-state index contributed by atoms with van der Waals surface area (Å²) in [6.07, 6.45) is -4.46. The van der Waals surface area contributed by atoms with E-state index in [1.165, 1.54) is 48.2 Å². The van der Waals surface area contributed by atoms with Crippen molar-refractivity contribution in [1.29, 1.82) is 0 Å². The first-order valence-corrected chi connectivity index (χ1v) is 13.0. The number of aliphatic hydroxyl groups excluding tert-OH is 1. The predicted octanol–water partition coefficient (Wildman–Crippen LogP) is 4.30. The summed E-state index contributed by atoms with van der Waals surface area (Å²) >= 11 is 0. The van der Waals surface area contributed by atoms with Crippen molar-refractivity contribution >= 4 is 21.5 Å². The molecule has 0 spiro atoms. The third-order valence-electron chi connectivity index (χ3n) is 6.09. The average molecular weight is 543 g/mol. The van der Waals surface area contributed by atoms with Gasteiger partial charge >= 0.3 is 6.18 Å². The molecule has 198 valence electrons. The van der Waals surface area contributed by atoms with E-state index in [2.05, 4.69) is 9.97 Å². The molecule has 0 amide bonds. The summed E-state index contributed by atoms with van der Waals surface area (Å²) in [5, 5.41) is 9.78. The number of nitrogens with zero attached hydrogens (tertiary/aromatic N) is 4. The zero-order valence-electron chi connectivity index (χ0n) is 19.7. The largest absolute Gasteiger partial charge is 0.433 e. The molecule has 3 aromatic rings. The molecule has 7 nitrogen and oxygen atoms in total. The number of hydrogen-bond acceptors (Lipinski definition) is 7. The van der Waals surface area contributed by atoms with Gasteiger partial charge in [-0.3, -0.25) is 0 Å². The maximum atomic E-state index is 14.2. The molecule has 0 radical (unpaired) electrons. The number of benzene rings is 2. The molecule has 2 aromatic carbocycles. The van der Waals surface area contributed by atoms with Gasteiger partial charge in [-0.1, -0.05) is 12.1 Å². The first-order chi connectivity index (χ1) is 17.3. The second-order valence-electron chi connectivity index (χ2n) is 8.74. The van der Waals surface area contributed by atoms with Gasteiger partial charge in [0.05, 0.1) is 12.1 Å². The van der Waals surface area contributed by atoms with Crippen molar-refractivity contribution in [3.63, 3.8) is 0 Å². The first kappa shape index (κ1) is 26.7. The maximum absolute atomic E-state index is 14.2. The van der Waals surface area contributed by atoms with Crippen LogP contribution in [0.4, 0.5) is 33.6 Å². The normalized spacial score (nSPS) is 17.7. The van der Waals surface area contributed by atoms with Crippen LogP contribution in [0.5, 0.6) is 0 Å². The quantitative estimate of drug-likeness (QED) is 0.481. The zero-order valence-corrected chi connectivity index (χ0v) is 20.6. The van der Waals surface area contributed by atoms with E-state index in [1.54, 1.807) is 4.90 Å². The lowest BCUT2D eigenvalue weighted by molar-refractivity contribution is -0.142. The lowest BCUT2D eigenvalue weighted by atomic mass is 10.0. The number of halogens is 5. The van der Waals surface area contributed by atoms with Crippen molar-refractivity contribution in [2.45, 2.75) is 30.1 Å². The molecule has 1 N–H and O–H groups in total. The van der Waals surface area contributed by atoms with E-state index in [1.807, 2.05) is 0 Å². The van der Waals surface area contributed by atoms with Gasteiger partial charge < -0.3 is 14.9 Å². The van der Waals surface area contributed by atoms with Gasteiger partial charge in [0, 0.05) is 43.3 Å². The molecule has 1 unspecified atom stereocenters. The minimum absolute atomic E-state index is 0.110. The number of aromatic nitrogens is 2. The molecule has 0 bridgehead atoms. The van der Waals surface area contributed by atoms with Crippen LogP contribution in [-0.4, -0.2) is 49.4 Å². The second-order valence-corrected chi connectivity index (χ2v) is 10.7. The fraction of sp³-hybridized carbons (Fsp3) is 0.333. The standard InChI is InChI=1S/C24H23F5N4O3S/c1-14(34)18-12-30-23(31-22(18)24(27,28)29)33-10-9-32(13-20(33)15-3-5-16(25)6-4-15)17-7-8-19(26)21(11-17)37(2,35)36/h3-8,11-12,14,20,34H,9-10,13H2,1-2H3/t14?,20-/m0/s1. The van der Waals surface area contributed by atoms with Crippen LogP contribution in [0.25, 0.3) is 0 Å². The lowest BCUT2D eigenvalue weighted by Crippen LogP contribution is -2.49. The van der Waals surface area contributed by atoms with E-state index in [0.717, 1.165) is 18.5 Å². The smallest absolute Gasteiger partial charge is 0.389 e. The number of hydrogen-bond donors (Lipinski definition) is 1. The zero-order chi connectivity index (χ0) is 27.1. The van der Waals surface area contributed by atoms with E-state index in [9.17, 15) is 35.5 Å². The Morgan fingerprint density at radius 2 is 1.76 bits per heavy atom. The van der Waals surface area contributed by atoms with Crippen molar-refractivity contribution in [2.75, 3.05) is 35.7 Å². The van der Waals surface area contributed by atoms with E-state index < -0.39 is 55.9 Å². The van der Waals surface area contributed by atoms with E-state index in [-0.39, 0.29) is 25.6 Å². The molecule has 13 heteroatoms. The van der Waals surface area contributed by atoms with Gasteiger partial charge in [0.2, 0.25) is 5.95 Å². The Morgan fingerprint density at radius 1 is 1.08 bits per heavy atom. The molecular formula is C24H23F5N4O3S. The number of aliphatic hydroxyl groups is 1.